The first kappa shape index (κ1) is 20.8. The molecule has 0 aliphatic rings. The quantitative estimate of drug-likeness (QED) is 0.371. The van der Waals surface area contributed by atoms with Crippen molar-refractivity contribution in [2.24, 2.45) is 0 Å². The number of nitrogens with zero attached hydrogens (tertiary/aromatic N) is 2. The van der Waals surface area contributed by atoms with Crippen LogP contribution in [0.1, 0.15) is 22.3 Å². The normalized spacial score (nSPS) is 10.5. The van der Waals surface area contributed by atoms with Crippen LogP contribution in [0.25, 0.3) is 0 Å². The molecule has 0 saturated carbocycles. The zero-order chi connectivity index (χ0) is 21.7. The van der Waals surface area contributed by atoms with E-state index >= 15 is 0 Å². The van der Waals surface area contributed by atoms with Crippen molar-refractivity contribution in [3.05, 3.63) is 103 Å². The van der Waals surface area contributed by atoms with Gasteiger partial charge in [0.15, 0.2) is 0 Å². The minimum absolute atomic E-state index is 0.0450. The topological polar surface area (TPSA) is 105 Å². The van der Waals surface area contributed by atoms with E-state index in [0.717, 1.165) is 11.1 Å². The lowest BCUT2D eigenvalue weighted by Gasteiger charge is -2.16. The maximum absolute atomic E-state index is 11.8. The van der Waals surface area contributed by atoms with E-state index in [1.54, 1.807) is 38.1 Å². The van der Waals surface area contributed by atoms with Gasteiger partial charge in [-0.1, -0.05) is 60.7 Å². The van der Waals surface area contributed by atoms with Gasteiger partial charge in [0.1, 0.15) is 13.2 Å². The van der Waals surface area contributed by atoms with Crippen LogP contribution in [-0.2, 0) is 13.2 Å². The highest BCUT2D eigenvalue weighted by molar-refractivity contribution is 5.74. The summed E-state index contributed by atoms with van der Waals surface area (Å²) in [6.07, 6.45) is 0. The van der Waals surface area contributed by atoms with Crippen LogP contribution in [-0.4, -0.2) is 9.85 Å². The molecule has 3 rings (SSSR count). The Hall–Kier alpha value is -3.94. The first-order valence-corrected chi connectivity index (χ1v) is 9.19. The average molecular weight is 408 g/mol. The Bertz CT molecular complexity index is 982. The predicted octanol–water partition coefficient (Wildman–Crippen LogP) is 5.28. The van der Waals surface area contributed by atoms with Crippen molar-refractivity contribution >= 4 is 11.4 Å². The van der Waals surface area contributed by atoms with Gasteiger partial charge in [0, 0.05) is 11.1 Å². The molecular weight excluding hydrogens is 388 g/mol. The smallest absolute Gasteiger partial charge is 0.391 e. The molecule has 0 heterocycles. The van der Waals surface area contributed by atoms with E-state index in [9.17, 15) is 20.2 Å². The molecule has 0 N–H and O–H groups in total. The van der Waals surface area contributed by atoms with Crippen molar-refractivity contribution in [2.45, 2.75) is 27.1 Å². The third kappa shape index (κ3) is 4.38. The number of rotatable bonds is 8. The number of nitro benzene ring substituents is 2. The van der Waals surface area contributed by atoms with Crippen molar-refractivity contribution in [3.8, 4) is 11.5 Å². The van der Waals surface area contributed by atoms with Gasteiger partial charge in [0.2, 0.25) is 11.5 Å². The molecule has 0 atom stereocenters. The lowest BCUT2D eigenvalue weighted by molar-refractivity contribution is -0.423. The standard InChI is InChI=1S/C22H20N2O6/c1-15-16(2)22(30-14-18-11-7-4-8-12-18)20(24(27)28)19(23(25)26)21(15)29-13-17-9-5-3-6-10-17/h3-12H,13-14H2,1-2H3. The van der Waals surface area contributed by atoms with Crippen LogP contribution in [0.15, 0.2) is 60.7 Å². The highest BCUT2D eigenvalue weighted by atomic mass is 16.6. The van der Waals surface area contributed by atoms with Crippen LogP contribution in [0.5, 0.6) is 11.5 Å². The summed E-state index contributed by atoms with van der Waals surface area (Å²) >= 11 is 0. The molecule has 0 fully saturated rings. The largest absolute Gasteiger partial charge is 0.482 e. The third-order valence-corrected chi connectivity index (χ3v) is 4.72. The van der Waals surface area contributed by atoms with E-state index in [-0.39, 0.29) is 24.7 Å². The summed E-state index contributed by atoms with van der Waals surface area (Å²) in [6, 6.07) is 18.2. The fourth-order valence-corrected chi connectivity index (χ4v) is 3.06. The monoisotopic (exact) mass is 408 g/mol. The number of hydrogen-bond acceptors (Lipinski definition) is 6. The Morgan fingerprint density at radius 1 is 0.667 bits per heavy atom. The zero-order valence-corrected chi connectivity index (χ0v) is 16.5. The molecule has 3 aromatic carbocycles. The summed E-state index contributed by atoms with van der Waals surface area (Å²) in [6.45, 7) is 3.34. The first-order valence-electron chi connectivity index (χ1n) is 9.19. The van der Waals surface area contributed by atoms with Gasteiger partial charge in [-0.2, -0.15) is 0 Å². The molecule has 0 aliphatic carbocycles. The summed E-state index contributed by atoms with van der Waals surface area (Å²) in [5.41, 5.74) is 1.01. The fourth-order valence-electron chi connectivity index (χ4n) is 3.06. The molecule has 0 aliphatic heterocycles. The molecule has 0 bridgehead atoms. The van der Waals surface area contributed by atoms with Gasteiger partial charge in [-0.05, 0) is 25.0 Å². The summed E-state index contributed by atoms with van der Waals surface area (Å²) in [5, 5.41) is 23.6. The lowest BCUT2D eigenvalue weighted by atomic mass is 10.0. The Morgan fingerprint density at radius 2 is 1.00 bits per heavy atom. The van der Waals surface area contributed by atoms with Crippen LogP contribution in [0.4, 0.5) is 11.4 Å². The van der Waals surface area contributed by atoms with Crippen LogP contribution < -0.4 is 9.47 Å². The van der Waals surface area contributed by atoms with Crippen LogP contribution >= 0.6 is 0 Å². The molecule has 0 saturated heterocycles. The van der Waals surface area contributed by atoms with Crippen molar-refractivity contribution < 1.29 is 19.3 Å². The first-order chi connectivity index (χ1) is 14.4. The summed E-state index contributed by atoms with van der Waals surface area (Å²) in [5.74, 6) is -0.250. The highest BCUT2D eigenvalue weighted by Gasteiger charge is 2.38. The maximum atomic E-state index is 11.8. The van der Waals surface area contributed by atoms with Crippen molar-refractivity contribution in [3.63, 3.8) is 0 Å². The molecule has 154 valence electrons. The molecule has 0 spiro atoms. The van der Waals surface area contributed by atoms with E-state index in [2.05, 4.69) is 0 Å². The number of ether oxygens (including phenoxy) is 2. The summed E-state index contributed by atoms with van der Waals surface area (Å²) in [4.78, 5) is 22.0. The van der Waals surface area contributed by atoms with Gasteiger partial charge >= 0.3 is 11.4 Å². The van der Waals surface area contributed by atoms with Gasteiger partial charge < -0.3 is 9.47 Å². The molecule has 0 aromatic heterocycles. The van der Waals surface area contributed by atoms with Gasteiger partial charge in [-0.3, -0.25) is 20.2 Å². The van der Waals surface area contributed by atoms with Gasteiger partial charge in [0.25, 0.3) is 0 Å². The Kier molecular flexibility index (Phi) is 6.26. The number of nitro groups is 2. The lowest BCUT2D eigenvalue weighted by Crippen LogP contribution is -2.09. The summed E-state index contributed by atoms with van der Waals surface area (Å²) in [7, 11) is 0. The Labute approximate surface area is 173 Å². The minimum Gasteiger partial charge on any atom is -0.482 e. The fraction of sp³-hybridized carbons (Fsp3) is 0.182. The second-order valence-electron chi connectivity index (χ2n) is 6.67. The SMILES string of the molecule is Cc1c(C)c(OCc2ccccc2)c([N+](=O)[O-])c([N+](=O)[O-])c1OCc1ccccc1. The van der Waals surface area contributed by atoms with Crippen molar-refractivity contribution in [1.82, 2.24) is 0 Å². The van der Waals surface area contributed by atoms with E-state index in [1.165, 1.54) is 0 Å². The van der Waals surface area contributed by atoms with E-state index in [4.69, 9.17) is 9.47 Å². The van der Waals surface area contributed by atoms with E-state index < -0.39 is 21.2 Å². The molecular formula is C22H20N2O6. The Morgan fingerprint density at radius 3 is 1.30 bits per heavy atom. The molecule has 0 amide bonds. The maximum Gasteiger partial charge on any atom is 0.391 e. The van der Waals surface area contributed by atoms with Crippen molar-refractivity contribution in [2.75, 3.05) is 0 Å². The molecule has 8 nitrogen and oxygen atoms in total. The van der Waals surface area contributed by atoms with E-state index in [1.807, 2.05) is 36.4 Å². The van der Waals surface area contributed by atoms with Crippen LogP contribution in [0, 0.1) is 34.1 Å². The highest BCUT2D eigenvalue weighted by Crippen LogP contribution is 2.48. The third-order valence-electron chi connectivity index (χ3n) is 4.72. The molecule has 3 aromatic rings. The number of hydrogen-bond donors (Lipinski definition) is 0. The number of benzene rings is 3. The summed E-state index contributed by atoms with van der Waals surface area (Å²) < 4.78 is 11.4. The van der Waals surface area contributed by atoms with Crippen LogP contribution in [0.3, 0.4) is 0 Å². The molecule has 30 heavy (non-hydrogen) atoms. The van der Waals surface area contributed by atoms with E-state index in [0.29, 0.717) is 11.1 Å². The van der Waals surface area contributed by atoms with Gasteiger partial charge in [-0.25, -0.2) is 0 Å². The van der Waals surface area contributed by atoms with Crippen LogP contribution in [0.2, 0.25) is 0 Å². The van der Waals surface area contributed by atoms with Gasteiger partial charge in [-0.15, -0.1) is 0 Å². The van der Waals surface area contributed by atoms with Crippen molar-refractivity contribution in [1.29, 1.82) is 0 Å². The second kappa shape index (κ2) is 9.04. The zero-order valence-electron chi connectivity index (χ0n) is 16.5. The molecule has 0 radical (unpaired) electrons. The molecule has 8 heteroatoms. The van der Waals surface area contributed by atoms with Gasteiger partial charge in [0.05, 0.1) is 9.85 Å². The average Bonchev–Trinajstić information content (AvgIpc) is 2.74. The second-order valence-corrected chi connectivity index (χ2v) is 6.67. The minimum atomic E-state index is -0.791. The predicted molar refractivity (Wildman–Crippen MR) is 111 cm³/mol. The molecule has 0 unspecified atom stereocenters. The Balaban J connectivity index is 2.05.